The van der Waals surface area contributed by atoms with Crippen molar-refractivity contribution in [1.29, 1.82) is 0 Å². The van der Waals surface area contributed by atoms with Gasteiger partial charge in [-0.15, -0.1) is 0 Å². The average molecular weight is 266 g/mol. The molecule has 1 atom stereocenters. The molecular formula is C13H22N4O2. The number of carbonyl (C=O) groups is 1. The lowest BCUT2D eigenvalue weighted by Gasteiger charge is -2.20. The van der Waals surface area contributed by atoms with Crippen LogP contribution in [0.3, 0.4) is 0 Å². The Morgan fingerprint density at radius 2 is 2.42 bits per heavy atom. The van der Waals surface area contributed by atoms with Gasteiger partial charge in [0, 0.05) is 44.8 Å². The first kappa shape index (κ1) is 14.0. The minimum absolute atomic E-state index is 0.0759. The largest absolute Gasteiger partial charge is 0.383 e. The zero-order valence-electron chi connectivity index (χ0n) is 11.4. The lowest BCUT2D eigenvalue weighted by molar-refractivity contribution is -0.125. The van der Waals surface area contributed by atoms with Crippen LogP contribution >= 0.6 is 0 Å². The number of hydrogen-bond acceptors (Lipinski definition) is 4. The number of carbonyl (C=O) groups excluding carboxylic acids is 1. The molecule has 1 aromatic heterocycles. The van der Waals surface area contributed by atoms with Crippen molar-refractivity contribution in [2.24, 2.45) is 5.92 Å². The standard InChI is InChI=1S/C13H22N4O2/c1-19-7-6-14-4-5-15-13(18)10-2-3-11-9-16-17-12(11)8-10/h9-10,14H,2-8H2,1H3,(H,15,18)(H,16,17). The number of nitrogens with zero attached hydrogens (tertiary/aromatic N) is 1. The summed E-state index contributed by atoms with van der Waals surface area (Å²) in [5.74, 6) is 0.223. The third kappa shape index (κ3) is 4.04. The van der Waals surface area contributed by atoms with Crippen LogP contribution in [0, 0.1) is 5.92 Å². The van der Waals surface area contributed by atoms with E-state index >= 15 is 0 Å². The predicted octanol–water partition coefficient (Wildman–Crippen LogP) is -0.133. The van der Waals surface area contributed by atoms with Crippen LogP contribution in [0.25, 0.3) is 0 Å². The van der Waals surface area contributed by atoms with E-state index in [9.17, 15) is 4.79 Å². The van der Waals surface area contributed by atoms with Crippen molar-refractivity contribution in [3.8, 4) is 0 Å². The predicted molar refractivity (Wildman–Crippen MR) is 71.9 cm³/mol. The molecule has 0 bridgehead atoms. The SMILES string of the molecule is COCCNCCNC(=O)C1CCc2cn[nH]c2C1. The van der Waals surface area contributed by atoms with Crippen molar-refractivity contribution in [3.63, 3.8) is 0 Å². The first-order valence-electron chi connectivity index (χ1n) is 6.79. The van der Waals surface area contributed by atoms with Crippen molar-refractivity contribution in [2.45, 2.75) is 19.3 Å². The summed E-state index contributed by atoms with van der Waals surface area (Å²) in [6.45, 7) is 2.94. The Bertz CT molecular complexity index is 405. The maximum atomic E-state index is 12.0. The Morgan fingerprint density at radius 3 is 3.26 bits per heavy atom. The van der Waals surface area contributed by atoms with Gasteiger partial charge in [-0.05, 0) is 18.4 Å². The molecule has 0 fully saturated rings. The van der Waals surface area contributed by atoms with Crippen LogP contribution in [0.1, 0.15) is 17.7 Å². The highest BCUT2D eigenvalue weighted by Gasteiger charge is 2.25. The van der Waals surface area contributed by atoms with Crippen LogP contribution in [0.4, 0.5) is 0 Å². The van der Waals surface area contributed by atoms with Crippen LogP contribution < -0.4 is 10.6 Å². The van der Waals surface area contributed by atoms with Gasteiger partial charge >= 0.3 is 0 Å². The second-order valence-electron chi connectivity index (χ2n) is 4.85. The van der Waals surface area contributed by atoms with Crippen LogP contribution in [0.2, 0.25) is 0 Å². The topological polar surface area (TPSA) is 79.0 Å². The molecule has 0 saturated carbocycles. The van der Waals surface area contributed by atoms with E-state index in [-0.39, 0.29) is 11.8 Å². The molecule has 6 heteroatoms. The van der Waals surface area contributed by atoms with Crippen molar-refractivity contribution in [1.82, 2.24) is 20.8 Å². The zero-order chi connectivity index (χ0) is 13.5. The molecule has 0 aromatic carbocycles. The number of amides is 1. The summed E-state index contributed by atoms with van der Waals surface area (Å²) in [4.78, 5) is 12.0. The number of aromatic nitrogens is 2. The average Bonchev–Trinajstić information content (AvgIpc) is 2.89. The maximum absolute atomic E-state index is 12.0. The zero-order valence-corrected chi connectivity index (χ0v) is 11.4. The third-order valence-corrected chi connectivity index (χ3v) is 3.47. The molecule has 0 spiro atoms. The Labute approximate surface area is 113 Å². The van der Waals surface area contributed by atoms with E-state index in [0.717, 1.165) is 38.0 Å². The normalized spacial score (nSPS) is 18.1. The third-order valence-electron chi connectivity index (χ3n) is 3.47. The molecule has 0 radical (unpaired) electrons. The number of fused-ring (bicyclic) bond motifs is 1. The van der Waals surface area contributed by atoms with E-state index in [4.69, 9.17) is 4.74 Å². The molecule has 2 rings (SSSR count). The Balaban J connectivity index is 1.64. The first-order valence-corrected chi connectivity index (χ1v) is 6.79. The number of ether oxygens (including phenoxy) is 1. The highest BCUT2D eigenvalue weighted by atomic mass is 16.5. The second kappa shape index (κ2) is 7.25. The Morgan fingerprint density at radius 1 is 1.53 bits per heavy atom. The molecule has 1 heterocycles. The Hall–Kier alpha value is -1.40. The minimum atomic E-state index is 0.0759. The van der Waals surface area contributed by atoms with Crippen molar-refractivity contribution in [2.75, 3.05) is 33.4 Å². The van der Waals surface area contributed by atoms with Gasteiger partial charge in [-0.1, -0.05) is 0 Å². The van der Waals surface area contributed by atoms with Crippen LogP contribution in [0.15, 0.2) is 6.20 Å². The maximum Gasteiger partial charge on any atom is 0.223 e. The van der Waals surface area contributed by atoms with Crippen molar-refractivity contribution in [3.05, 3.63) is 17.5 Å². The van der Waals surface area contributed by atoms with E-state index in [0.29, 0.717) is 13.2 Å². The van der Waals surface area contributed by atoms with Gasteiger partial charge in [0.15, 0.2) is 0 Å². The molecule has 1 aliphatic rings. The summed E-state index contributed by atoms with van der Waals surface area (Å²) in [5, 5.41) is 13.2. The molecule has 1 aromatic rings. The fourth-order valence-electron chi connectivity index (χ4n) is 2.35. The fourth-order valence-corrected chi connectivity index (χ4v) is 2.35. The van der Waals surface area contributed by atoms with Crippen LogP contribution in [-0.2, 0) is 22.4 Å². The number of H-pyrrole nitrogens is 1. The van der Waals surface area contributed by atoms with Crippen LogP contribution in [-0.4, -0.2) is 49.5 Å². The van der Waals surface area contributed by atoms with Crippen molar-refractivity contribution < 1.29 is 9.53 Å². The van der Waals surface area contributed by atoms with E-state index in [1.807, 2.05) is 6.20 Å². The lowest BCUT2D eigenvalue weighted by Crippen LogP contribution is -2.38. The van der Waals surface area contributed by atoms with Gasteiger partial charge in [0.2, 0.25) is 5.91 Å². The molecule has 6 nitrogen and oxygen atoms in total. The molecule has 0 aliphatic heterocycles. The summed E-state index contributed by atoms with van der Waals surface area (Å²) >= 11 is 0. The smallest absolute Gasteiger partial charge is 0.223 e. The van der Waals surface area contributed by atoms with Gasteiger partial charge in [0.25, 0.3) is 0 Å². The fraction of sp³-hybridized carbons (Fsp3) is 0.692. The van der Waals surface area contributed by atoms with Crippen LogP contribution in [0.5, 0.6) is 0 Å². The van der Waals surface area contributed by atoms with E-state index in [1.165, 1.54) is 5.56 Å². The lowest BCUT2D eigenvalue weighted by atomic mass is 9.87. The molecule has 3 N–H and O–H groups in total. The van der Waals surface area contributed by atoms with E-state index in [2.05, 4.69) is 20.8 Å². The summed E-state index contributed by atoms with van der Waals surface area (Å²) < 4.78 is 4.93. The Kier molecular flexibility index (Phi) is 5.35. The molecule has 1 amide bonds. The van der Waals surface area contributed by atoms with Gasteiger partial charge in [-0.2, -0.15) is 5.10 Å². The molecule has 1 unspecified atom stereocenters. The monoisotopic (exact) mass is 266 g/mol. The molecular weight excluding hydrogens is 244 g/mol. The van der Waals surface area contributed by atoms with Gasteiger partial charge in [0.1, 0.15) is 0 Å². The molecule has 1 aliphatic carbocycles. The number of aryl methyl sites for hydroxylation is 1. The van der Waals surface area contributed by atoms with Gasteiger partial charge < -0.3 is 15.4 Å². The highest BCUT2D eigenvalue weighted by Crippen LogP contribution is 2.23. The molecule has 0 saturated heterocycles. The number of hydrogen-bond donors (Lipinski definition) is 3. The number of aromatic amines is 1. The quantitative estimate of drug-likeness (QED) is 0.601. The first-order chi connectivity index (χ1) is 9.31. The summed E-state index contributed by atoms with van der Waals surface area (Å²) in [6.07, 6.45) is 4.49. The summed E-state index contributed by atoms with van der Waals surface area (Å²) in [7, 11) is 1.68. The van der Waals surface area contributed by atoms with Gasteiger partial charge in [-0.3, -0.25) is 9.89 Å². The number of rotatable bonds is 7. The number of nitrogens with one attached hydrogen (secondary N) is 3. The summed E-state index contributed by atoms with van der Waals surface area (Å²) in [5.41, 5.74) is 2.37. The van der Waals surface area contributed by atoms with E-state index < -0.39 is 0 Å². The minimum Gasteiger partial charge on any atom is -0.383 e. The summed E-state index contributed by atoms with van der Waals surface area (Å²) in [6, 6.07) is 0. The molecule has 106 valence electrons. The van der Waals surface area contributed by atoms with E-state index in [1.54, 1.807) is 7.11 Å². The number of methoxy groups -OCH3 is 1. The molecule has 19 heavy (non-hydrogen) atoms. The highest BCUT2D eigenvalue weighted by molar-refractivity contribution is 5.79. The second-order valence-corrected chi connectivity index (χ2v) is 4.85. The van der Waals surface area contributed by atoms with Gasteiger partial charge in [-0.25, -0.2) is 0 Å². The van der Waals surface area contributed by atoms with Gasteiger partial charge in [0.05, 0.1) is 12.8 Å². The van der Waals surface area contributed by atoms with Crippen molar-refractivity contribution >= 4 is 5.91 Å².